The Morgan fingerprint density at radius 2 is 2.15 bits per heavy atom. The molecule has 13 heavy (non-hydrogen) atoms. The van der Waals surface area contributed by atoms with Gasteiger partial charge in [-0.15, -0.1) is 0 Å². The number of hydrogen-bond acceptors (Lipinski definition) is 3. The number of nitrogens with one attached hydrogen (secondary N) is 1. The van der Waals surface area contributed by atoms with Gasteiger partial charge >= 0.3 is 5.30 Å². The number of hydrogen-bond donors (Lipinski definition) is 2. The molecule has 6 heteroatoms. The van der Waals surface area contributed by atoms with Gasteiger partial charge in [0.2, 0.25) is 5.69 Å². The van der Waals surface area contributed by atoms with Crippen molar-refractivity contribution in [2.24, 2.45) is 0 Å². The van der Waals surface area contributed by atoms with Crippen LogP contribution < -0.4 is 5.11 Å². The minimum absolute atomic E-state index is 0.501. The lowest BCUT2D eigenvalue weighted by molar-refractivity contribution is -0.382. The van der Waals surface area contributed by atoms with Crippen molar-refractivity contribution in [1.29, 1.82) is 0 Å². The van der Waals surface area contributed by atoms with Gasteiger partial charge in [0.1, 0.15) is 0 Å². The SMILES string of the molecule is [N-]=[NH+]c1ccccc1SSC(=O)O. The van der Waals surface area contributed by atoms with Gasteiger partial charge in [0, 0.05) is 16.9 Å². The van der Waals surface area contributed by atoms with Crippen molar-refractivity contribution in [1.82, 2.24) is 0 Å². The predicted octanol–water partition coefficient (Wildman–Crippen LogP) is 1.84. The fourth-order valence-electron chi connectivity index (χ4n) is 0.712. The number of para-hydroxylation sites is 1. The minimum Gasteiger partial charge on any atom is -0.502 e. The van der Waals surface area contributed by atoms with Crippen LogP contribution in [0.5, 0.6) is 0 Å². The lowest BCUT2D eigenvalue weighted by atomic mass is 10.3. The Bertz CT molecular complexity index is 330. The van der Waals surface area contributed by atoms with E-state index < -0.39 is 5.30 Å². The second-order valence-electron chi connectivity index (χ2n) is 2.04. The van der Waals surface area contributed by atoms with E-state index in [0.717, 1.165) is 10.8 Å². The Balaban J connectivity index is 2.75. The highest BCUT2D eigenvalue weighted by atomic mass is 33.1. The van der Waals surface area contributed by atoms with Crippen molar-refractivity contribution in [3.05, 3.63) is 29.8 Å². The lowest BCUT2D eigenvalue weighted by Crippen LogP contribution is -2.54. The number of benzene rings is 1. The van der Waals surface area contributed by atoms with Gasteiger partial charge in [0.15, 0.2) is 0 Å². The van der Waals surface area contributed by atoms with Crippen molar-refractivity contribution in [2.75, 3.05) is 0 Å². The Morgan fingerprint density at radius 3 is 2.77 bits per heavy atom. The van der Waals surface area contributed by atoms with Crippen LogP contribution in [0.4, 0.5) is 10.5 Å². The molecule has 2 N–H and O–H groups in total. The molecule has 0 saturated heterocycles. The Morgan fingerprint density at radius 1 is 1.46 bits per heavy atom. The molecule has 0 amide bonds. The topological polar surface area (TPSA) is 73.6 Å². The summed E-state index contributed by atoms with van der Waals surface area (Å²) in [5.41, 5.74) is 9.16. The molecule has 0 bridgehead atoms. The van der Waals surface area contributed by atoms with E-state index in [0.29, 0.717) is 21.4 Å². The van der Waals surface area contributed by atoms with E-state index in [1.165, 1.54) is 0 Å². The van der Waals surface area contributed by atoms with Crippen LogP contribution in [0.15, 0.2) is 29.2 Å². The highest BCUT2D eigenvalue weighted by Crippen LogP contribution is 2.34. The molecule has 0 aromatic heterocycles. The maximum atomic E-state index is 10.2. The number of nitrogens with zero attached hydrogens (tertiary/aromatic N) is 1. The summed E-state index contributed by atoms with van der Waals surface area (Å²) in [7, 11) is 1.77. The van der Waals surface area contributed by atoms with Crippen molar-refractivity contribution < 1.29 is 15.0 Å². The number of carbonyl (C=O) groups is 1. The predicted molar refractivity (Wildman–Crippen MR) is 51.9 cm³/mol. The van der Waals surface area contributed by atoms with Gasteiger partial charge in [0.05, 0.1) is 4.90 Å². The van der Waals surface area contributed by atoms with Crippen molar-refractivity contribution in [3.63, 3.8) is 0 Å². The van der Waals surface area contributed by atoms with Crippen LogP contribution >= 0.6 is 21.6 Å². The summed E-state index contributed by atoms with van der Waals surface area (Å²) in [4.78, 5) is 10.9. The van der Waals surface area contributed by atoms with Crippen molar-refractivity contribution >= 4 is 32.6 Å². The largest absolute Gasteiger partial charge is 0.502 e. The molecule has 0 fully saturated rings. The number of rotatable bonds is 3. The molecule has 1 aromatic rings. The van der Waals surface area contributed by atoms with Gasteiger partial charge in [-0.2, -0.15) is 0 Å². The van der Waals surface area contributed by atoms with Crippen LogP contribution in [0.2, 0.25) is 0 Å². The molecule has 0 spiro atoms. The summed E-state index contributed by atoms with van der Waals surface area (Å²) in [6.45, 7) is 0. The molecular formula is C7H6N2O2S2. The molecule has 4 nitrogen and oxygen atoms in total. The third kappa shape index (κ3) is 3.08. The molecule has 0 radical (unpaired) electrons. The van der Waals surface area contributed by atoms with Crippen LogP contribution in [0.3, 0.4) is 0 Å². The van der Waals surface area contributed by atoms with Crippen LogP contribution in [-0.2, 0) is 0 Å². The molecule has 0 saturated carbocycles. The quantitative estimate of drug-likeness (QED) is 0.594. The normalized spacial score (nSPS) is 9.54. The van der Waals surface area contributed by atoms with E-state index in [1.54, 1.807) is 24.3 Å². The maximum Gasteiger partial charge on any atom is 0.375 e. The molecule has 1 aromatic carbocycles. The van der Waals surface area contributed by atoms with Crippen molar-refractivity contribution in [2.45, 2.75) is 4.90 Å². The first-order chi connectivity index (χ1) is 6.24. The van der Waals surface area contributed by atoms with E-state index in [9.17, 15) is 4.79 Å². The van der Waals surface area contributed by atoms with Gasteiger partial charge in [-0.05, 0) is 16.9 Å². The Hall–Kier alpha value is -1.01. The molecule has 0 aliphatic heterocycles. The highest BCUT2D eigenvalue weighted by Gasteiger charge is 2.06. The van der Waals surface area contributed by atoms with E-state index >= 15 is 0 Å². The first kappa shape index (κ1) is 10.1. The van der Waals surface area contributed by atoms with Crippen LogP contribution in [-0.4, -0.2) is 10.4 Å². The van der Waals surface area contributed by atoms with Gasteiger partial charge in [-0.25, -0.2) is 4.79 Å². The monoisotopic (exact) mass is 214 g/mol. The second kappa shape index (κ2) is 4.88. The molecule has 0 atom stereocenters. The summed E-state index contributed by atoms with van der Waals surface area (Å²) >= 11 is 0. The van der Waals surface area contributed by atoms with Crippen molar-refractivity contribution in [3.8, 4) is 0 Å². The van der Waals surface area contributed by atoms with Gasteiger partial charge in [0.25, 0.3) is 0 Å². The average molecular weight is 214 g/mol. The number of carboxylic acid groups (broad SMARTS) is 1. The van der Waals surface area contributed by atoms with E-state index in [4.69, 9.17) is 10.6 Å². The zero-order valence-electron chi connectivity index (χ0n) is 6.43. The molecular weight excluding hydrogens is 208 g/mol. The van der Waals surface area contributed by atoms with E-state index in [2.05, 4.69) is 0 Å². The zero-order valence-corrected chi connectivity index (χ0v) is 8.06. The maximum absolute atomic E-state index is 10.2. The third-order valence-corrected chi connectivity index (χ3v) is 3.19. The molecule has 1 rings (SSSR count). The summed E-state index contributed by atoms with van der Waals surface area (Å²) in [6.07, 6.45) is 0. The first-order valence-corrected chi connectivity index (χ1v) is 5.45. The van der Waals surface area contributed by atoms with Crippen LogP contribution in [0.1, 0.15) is 0 Å². The van der Waals surface area contributed by atoms with E-state index in [1.807, 2.05) is 5.11 Å². The zero-order chi connectivity index (χ0) is 9.68. The average Bonchev–Trinajstić information content (AvgIpc) is 2.15. The second-order valence-corrected chi connectivity index (χ2v) is 4.16. The molecule has 0 aliphatic carbocycles. The van der Waals surface area contributed by atoms with Gasteiger partial charge in [-0.3, -0.25) is 5.11 Å². The Labute approximate surface area is 82.6 Å². The fourth-order valence-corrected chi connectivity index (χ4v) is 2.13. The molecule has 0 heterocycles. The van der Waals surface area contributed by atoms with Gasteiger partial charge < -0.3 is 10.6 Å². The molecule has 0 unspecified atom stereocenters. The third-order valence-electron chi connectivity index (χ3n) is 1.21. The van der Waals surface area contributed by atoms with Gasteiger partial charge in [-0.1, -0.05) is 12.1 Å². The highest BCUT2D eigenvalue weighted by molar-refractivity contribution is 8.82. The summed E-state index contributed by atoms with van der Waals surface area (Å²) in [6, 6.07) is 6.89. The lowest BCUT2D eigenvalue weighted by Gasteiger charge is -1.97. The van der Waals surface area contributed by atoms with E-state index in [-0.39, 0.29) is 0 Å². The smallest absolute Gasteiger partial charge is 0.375 e. The first-order valence-electron chi connectivity index (χ1n) is 3.30. The summed E-state index contributed by atoms with van der Waals surface area (Å²) < 4.78 is 0. The van der Waals surface area contributed by atoms with Crippen LogP contribution in [0, 0.1) is 0 Å². The summed E-state index contributed by atoms with van der Waals surface area (Å²) in [5.74, 6) is 0. The van der Waals surface area contributed by atoms with Crippen LogP contribution in [0.25, 0.3) is 5.53 Å². The minimum atomic E-state index is -0.960. The molecule has 0 aliphatic rings. The molecule has 68 valence electrons. The summed E-state index contributed by atoms with van der Waals surface area (Å²) in [5, 5.41) is 9.43. The fraction of sp³-hybridized carbons (Fsp3) is 0. The Kier molecular flexibility index (Phi) is 3.78. The standard InChI is InChI=1S/C7H6N2O2S2/c8-9-5-3-1-2-4-6(5)12-13-7(10)11/h1-4,9H,(H,10,11).